The van der Waals surface area contributed by atoms with Gasteiger partial charge in [-0.2, -0.15) is 0 Å². The van der Waals surface area contributed by atoms with Crippen molar-refractivity contribution in [2.45, 2.75) is 50.4 Å². The Morgan fingerprint density at radius 3 is 2.75 bits per heavy atom. The van der Waals surface area contributed by atoms with Gasteiger partial charge in [0.05, 0.1) is 30.0 Å². The fraction of sp³-hybridized carbons (Fsp3) is 0.579. The molecule has 0 spiro atoms. The van der Waals surface area contributed by atoms with Crippen LogP contribution >= 0.6 is 8.03 Å². The number of unbranched alkanes of at least 4 members (excludes halogenated alkanes) is 2. The Labute approximate surface area is 165 Å². The number of carboxylic acids is 1. The normalized spacial score (nSPS) is 21.6. The summed E-state index contributed by atoms with van der Waals surface area (Å²) in [5, 5.41) is 15.2. The first kappa shape index (κ1) is 22.6. The third kappa shape index (κ3) is 7.02. The van der Waals surface area contributed by atoms with E-state index < -0.39 is 19.7 Å². The van der Waals surface area contributed by atoms with E-state index in [1.165, 1.54) is 13.0 Å². The third-order valence-corrected chi connectivity index (χ3v) is 6.21. The van der Waals surface area contributed by atoms with Crippen molar-refractivity contribution in [2.24, 2.45) is 0 Å². The summed E-state index contributed by atoms with van der Waals surface area (Å²) in [5.41, 5.74) is 0.632. The second-order valence-electron chi connectivity index (χ2n) is 7.04. The second-order valence-corrected chi connectivity index (χ2v) is 8.46. The summed E-state index contributed by atoms with van der Waals surface area (Å²) in [6.07, 6.45) is 2.76. The number of ether oxygens (including phenoxy) is 1. The van der Waals surface area contributed by atoms with Crippen LogP contribution in [0.1, 0.15) is 54.6 Å². The molecular weight excluding hydrogens is 383 g/mol. The number of hydrogen-bond acceptors (Lipinski definition) is 5. The molecule has 156 valence electrons. The average molecular weight is 412 g/mol. The first-order chi connectivity index (χ1) is 13.4. The standard InChI is InChI=1S/C19H29N2O6P/c1-13(22)20-9-4-2-3-8-18(28(25)26)17-11-21-16(12-27-17)14-6-5-7-15(10-14)19(23)24/h5-7,10,16-18,21,28H,2-4,8-9,11-12H2,1H3,(H,20,22)(H,23,24)(H,25,26)/t16-,17-,18?/m0/s1. The number of benzene rings is 1. The van der Waals surface area contributed by atoms with Gasteiger partial charge in [-0.15, -0.1) is 0 Å². The number of rotatable bonds is 10. The van der Waals surface area contributed by atoms with Gasteiger partial charge in [0.2, 0.25) is 5.91 Å². The van der Waals surface area contributed by atoms with Gasteiger partial charge in [0, 0.05) is 20.0 Å². The Balaban J connectivity index is 1.82. The number of morpholine rings is 1. The van der Waals surface area contributed by atoms with Crippen molar-refractivity contribution in [3.63, 3.8) is 0 Å². The summed E-state index contributed by atoms with van der Waals surface area (Å²) in [6.45, 7) is 2.86. The van der Waals surface area contributed by atoms with Crippen LogP contribution in [0, 0.1) is 0 Å². The third-order valence-electron chi connectivity index (χ3n) is 4.91. The molecule has 1 aliphatic heterocycles. The minimum atomic E-state index is -2.74. The van der Waals surface area contributed by atoms with Crippen molar-refractivity contribution in [2.75, 3.05) is 19.7 Å². The van der Waals surface area contributed by atoms with E-state index in [0.717, 1.165) is 24.8 Å². The highest BCUT2D eigenvalue weighted by molar-refractivity contribution is 7.39. The lowest BCUT2D eigenvalue weighted by Gasteiger charge is -2.34. The molecule has 1 aliphatic rings. The van der Waals surface area contributed by atoms with Gasteiger partial charge in [0.15, 0.2) is 8.03 Å². The molecule has 1 fully saturated rings. The van der Waals surface area contributed by atoms with E-state index in [2.05, 4.69) is 10.6 Å². The number of carbonyl (C=O) groups excluding carboxylic acids is 1. The lowest BCUT2D eigenvalue weighted by atomic mass is 10.0. The Morgan fingerprint density at radius 2 is 2.14 bits per heavy atom. The zero-order valence-electron chi connectivity index (χ0n) is 16.0. The minimum absolute atomic E-state index is 0.0524. The minimum Gasteiger partial charge on any atom is -0.478 e. The van der Waals surface area contributed by atoms with Gasteiger partial charge < -0.3 is 25.4 Å². The van der Waals surface area contributed by atoms with Crippen LogP contribution in [0.3, 0.4) is 0 Å². The van der Waals surface area contributed by atoms with Gasteiger partial charge >= 0.3 is 5.97 Å². The summed E-state index contributed by atoms with van der Waals surface area (Å²) in [7, 11) is -2.74. The first-order valence-electron chi connectivity index (χ1n) is 9.54. The Hall–Kier alpha value is -1.73. The molecule has 1 aromatic rings. The smallest absolute Gasteiger partial charge is 0.335 e. The lowest BCUT2D eigenvalue weighted by Crippen LogP contribution is -2.45. The summed E-state index contributed by atoms with van der Waals surface area (Å²) >= 11 is 0. The van der Waals surface area contributed by atoms with Crippen molar-refractivity contribution in [1.29, 1.82) is 0 Å². The number of carboxylic acid groups (broad SMARTS) is 1. The van der Waals surface area contributed by atoms with E-state index in [0.29, 0.717) is 26.1 Å². The first-order valence-corrected chi connectivity index (χ1v) is 11.0. The highest BCUT2D eigenvalue weighted by Crippen LogP contribution is 2.33. The van der Waals surface area contributed by atoms with Gasteiger partial charge in [-0.05, 0) is 30.5 Å². The molecule has 28 heavy (non-hydrogen) atoms. The average Bonchev–Trinajstić information content (AvgIpc) is 2.67. The van der Waals surface area contributed by atoms with E-state index in [4.69, 9.17) is 9.84 Å². The van der Waals surface area contributed by atoms with E-state index in [1.807, 2.05) is 6.07 Å². The molecule has 8 nitrogen and oxygen atoms in total. The largest absolute Gasteiger partial charge is 0.478 e. The van der Waals surface area contributed by atoms with Crippen LogP contribution in [0.5, 0.6) is 0 Å². The van der Waals surface area contributed by atoms with Crippen LogP contribution in [0.15, 0.2) is 24.3 Å². The number of hydrogen-bond donors (Lipinski definition) is 4. The molecule has 4 N–H and O–H groups in total. The van der Waals surface area contributed by atoms with Crippen LogP contribution in [-0.4, -0.2) is 53.3 Å². The van der Waals surface area contributed by atoms with Crippen molar-refractivity contribution < 1.29 is 28.9 Å². The molecule has 0 radical (unpaired) electrons. The Morgan fingerprint density at radius 1 is 1.36 bits per heavy atom. The molecule has 1 amide bonds. The fourth-order valence-electron chi connectivity index (χ4n) is 3.36. The molecule has 0 aromatic heterocycles. The van der Waals surface area contributed by atoms with Gasteiger partial charge in [0.25, 0.3) is 0 Å². The molecule has 1 saturated heterocycles. The summed E-state index contributed by atoms with van der Waals surface area (Å²) in [4.78, 5) is 31.7. The topological polar surface area (TPSA) is 125 Å². The SMILES string of the molecule is CC(=O)NCCCCCC([C@@H]1CN[C@H](c2cccc(C(=O)O)c2)CO1)[PH](=O)O. The number of nitrogens with one attached hydrogen (secondary N) is 2. The molecule has 2 unspecified atom stereocenters. The Bertz CT molecular complexity index is 691. The van der Waals surface area contributed by atoms with E-state index in [9.17, 15) is 19.0 Å². The van der Waals surface area contributed by atoms with Crippen molar-refractivity contribution in [3.8, 4) is 0 Å². The van der Waals surface area contributed by atoms with Gasteiger partial charge in [0.1, 0.15) is 0 Å². The number of aromatic carboxylic acids is 1. The molecule has 0 aliphatic carbocycles. The highest BCUT2D eigenvalue weighted by Gasteiger charge is 2.31. The van der Waals surface area contributed by atoms with Crippen LogP contribution in [0.2, 0.25) is 0 Å². The van der Waals surface area contributed by atoms with Crippen LogP contribution in [0.4, 0.5) is 0 Å². The maximum absolute atomic E-state index is 11.8. The molecule has 0 saturated carbocycles. The van der Waals surface area contributed by atoms with E-state index in [1.54, 1.807) is 12.1 Å². The maximum Gasteiger partial charge on any atom is 0.335 e. The van der Waals surface area contributed by atoms with Crippen LogP contribution < -0.4 is 10.6 Å². The molecule has 2 rings (SSSR count). The fourth-order valence-corrected chi connectivity index (χ4v) is 4.34. The number of carbonyl (C=O) groups is 2. The van der Waals surface area contributed by atoms with Gasteiger partial charge in [-0.25, -0.2) is 4.79 Å². The van der Waals surface area contributed by atoms with E-state index in [-0.39, 0.29) is 23.6 Å². The molecule has 1 heterocycles. The molecule has 4 atom stereocenters. The zero-order chi connectivity index (χ0) is 20.5. The van der Waals surface area contributed by atoms with Crippen LogP contribution in [-0.2, 0) is 14.1 Å². The van der Waals surface area contributed by atoms with Gasteiger partial charge in [-0.3, -0.25) is 9.36 Å². The zero-order valence-corrected chi connectivity index (χ0v) is 17.0. The quantitative estimate of drug-likeness (QED) is 0.342. The van der Waals surface area contributed by atoms with E-state index >= 15 is 0 Å². The molecular formula is C19H29N2O6P. The molecule has 1 aromatic carbocycles. The second kappa shape index (κ2) is 11.3. The molecule has 9 heteroatoms. The van der Waals surface area contributed by atoms with Crippen LogP contribution in [0.25, 0.3) is 0 Å². The predicted molar refractivity (Wildman–Crippen MR) is 106 cm³/mol. The monoisotopic (exact) mass is 412 g/mol. The lowest BCUT2D eigenvalue weighted by molar-refractivity contribution is -0.118. The molecule has 0 bridgehead atoms. The predicted octanol–water partition coefficient (Wildman–Crippen LogP) is 1.95. The summed E-state index contributed by atoms with van der Waals surface area (Å²) in [5.74, 6) is -1.03. The summed E-state index contributed by atoms with van der Waals surface area (Å²) in [6, 6.07) is 6.55. The summed E-state index contributed by atoms with van der Waals surface area (Å²) < 4.78 is 17.7. The highest BCUT2D eigenvalue weighted by atomic mass is 31.1. The van der Waals surface area contributed by atoms with Crippen molar-refractivity contribution >= 4 is 19.9 Å². The van der Waals surface area contributed by atoms with Gasteiger partial charge in [-0.1, -0.05) is 25.0 Å². The Kier molecular flexibility index (Phi) is 9.12. The maximum atomic E-state index is 11.8. The number of amides is 1. The van der Waals surface area contributed by atoms with Crippen molar-refractivity contribution in [1.82, 2.24) is 10.6 Å². The van der Waals surface area contributed by atoms with Crippen molar-refractivity contribution in [3.05, 3.63) is 35.4 Å².